The molecule has 1 aliphatic carbocycles. The number of sulfonamides is 1. The second kappa shape index (κ2) is 15.0. The van der Waals surface area contributed by atoms with Gasteiger partial charge in [-0.3, -0.25) is 13.9 Å². The van der Waals surface area contributed by atoms with E-state index in [0.29, 0.717) is 12.1 Å². The van der Waals surface area contributed by atoms with Crippen LogP contribution in [0, 0.1) is 6.92 Å². The van der Waals surface area contributed by atoms with E-state index in [1.165, 1.54) is 12.1 Å². The molecular formula is C37H41N3O4S. The van der Waals surface area contributed by atoms with E-state index < -0.39 is 28.5 Å². The number of amides is 2. The molecule has 0 heterocycles. The van der Waals surface area contributed by atoms with Crippen LogP contribution in [0.5, 0.6) is 0 Å². The van der Waals surface area contributed by atoms with Gasteiger partial charge >= 0.3 is 0 Å². The SMILES string of the molecule is Cc1ccccc1CN(C(=O)CN(c1ccccc1)S(=O)(=O)c1ccccc1)[C@H](Cc1ccccc1)C(=O)NC1CCCCC1. The van der Waals surface area contributed by atoms with Crippen molar-refractivity contribution >= 4 is 27.5 Å². The van der Waals surface area contributed by atoms with E-state index in [9.17, 15) is 18.0 Å². The molecule has 0 radical (unpaired) electrons. The Labute approximate surface area is 266 Å². The van der Waals surface area contributed by atoms with Gasteiger partial charge in [0, 0.05) is 19.0 Å². The largest absolute Gasteiger partial charge is 0.352 e. The van der Waals surface area contributed by atoms with Crippen LogP contribution in [0.4, 0.5) is 5.69 Å². The first-order valence-corrected chi connectivity index (χ1v) is 17.1. The van der Waals surface area contributed by atoms with Crippen LogP contribution in [0.15, 0.2) is 120 Å². The van der Waals surface area contributed by atoms with Crippen LogP contribution >= 0.6 is 0 Å². The maximum atomic E-state index is 14.6. The van der Waals surface area contributed by atoms with E-state index in [0.717, 1.165) is 53.1 Å². The van der Waals surface area contributed by atoms with Crippen LogP contribution in [0.2, 0.25) is 0 Å². The Hall–Kier alpha value is -4.43. The highest BCUT2D eigenvalue weighted by molar-refractivity contribution is 7.92. The third-order valence-electron chi connectivity index (χ3n) is 8.48. The number of para-hydroxylation sites is 1. The lowest BCUT2D eigenvalue weighted by Crippen LogP contribution is -2.55. The van der Waals surface area contributed by atoms with E-state index >= 15 is 0 Å². The molecule has 234 valence electrons. The van der Waals surface area contributed by atoms with Crippen molar-refractivity contribution in [1.29, 1.82) is 0 Å². The van der Waals surface area contributed by atoms with Crippen LogP contribution in [-0.2, 0) is 32.6 Å². The van der Waals surface area contributed by atoms with Crippen molar-refractivity contribution in [3.8, 4) is 0 Å². The molecule has 0 saturated heterocycles. The van der Waals surface area contributed by atoms with Gasteiger partial charge in [0.05, 0.1) is 10.6 Å². The number of hydrogen-bond acceptors (Lipinski definition) is 4. The van der Waals surface area contributed by atoms with E-state index in [1.807, 2.05) is 61.5 Å². The summed E-state index contributed by atoms with van der Waals surface area (Å²) < 4.78 is 29.2. The third kappa shape index (κ3) is 8.19. The minimum absolute atomic E-state index is 0.0548. The van der Waals surface area contributed by atoms with Gasteiger partial charge in [-0.05, 0) is 60.7 Å². The van der Waals surface area contributed by atoms with Crippen LogP contribution in [0.25, 0.3) is 0 Å². The number of rotatable bonds is 12. The predicted molar refractivity (Wildman–Crippen MR) is 178 cm³/mol. The van der Waals surface area contributed by atoms with Crippen molar-refractivity contribution in [2.24, 2.45) is 0 Å². The van der Waals surface area contributed by atoms with Crippen molar-refractivity contribution in [2.45, 2.75) is 69.0 Å². The topological polar surface area (TPSA) is 86.8 Å². The number of carbonyl (C=O) groups excluding carboxylic acids is 2. The summed E-state index contributed by atoms with van der Waals surface area (Å²) in [5.41, 5.74) is 3.17. The molecule has 0 aromatic heterocycles. The molecule has 8 heteroatoms. The number of benzene rings is 4. The molecule has 0 spiro atoms. The molecular weight excluding hydrogens is 582 g/mol. The average Bonchev–Trinajstić information content (AvgIpc) is 3.07. The van der Waals surface area contributed by atoms with Gasteiger partial charge in [0.15, 0.2) is 0 Å². The zero-order chi connectivity index (χ0) is 31.6. The number of hydrogen-bond donors (Lipinski definition) is 1. The highest BCUT2D eigenvalue weighted by Crippen LogP contribution is 2.25. The Morgan fingerprint density at radius 3 is 2.00 bits per heavy atom. The lowest BCUT2D eigenvalue weighted by molar-refractivity contribution is -0.140. The molecule has 1 fully saturated rings. The molecule has 1 aliphatic rings. The van der Waals surface area contributed by atoms with Crippen LogP contribution in [0.3, 0.4) is 0 Å². The van der Waals surface area contributed by atoms with Crippen molar-refractivity contribution < 1.29 is 18.0 Å². The lowest BCUT2D eigenvalue weighted by atomic mass is 9.94. The Kier molecular flexibility index (Phi) is 10.7. The summed E-state index contributed by atoms with van der Waals surface area (Å²) in [6, 6.07) is 33.4. The quantitative estimate of drug-likeness (QED) is 0.201. The van der Waals surface area contributed by atoms with E-state index in [4.69, 9.17) is 0 Å². The van der Waals surface area contributed by atoms with E-state index in [-0.39, 0.29) is 23.4 Å². The summed E-state index contributed by atoms with van der Waals surface area (Å²) in [7, 11) is -4.11. The molecule has 0 aliphatic heterocycles. The minimum Gasteiger partial charge on any atom is -0.352 e. The molecule has 0 unspecified atom stereocenters. The predicted octanol–water partition coefficient (Wildman–Crippen LogP) is 6.28. The van der Waals surface area contributed by atoms with Crippen LogP contribution in [0.1, 0.15) is 48.8 Å². The fourth-order valence-electron chi connectivity index (χ4n) is 5.91. The molecule has 4 aromatic rings. The number of nitrogens with one attached hydrogen (secondary N) is 1. The summed E-state index contributed by atoms with van der Waals surface area (Å²) in [5.74, 6) is -0.675. The van der Waals surface area contributed by atoms with Crippen molar-refractivity contribution in [2.75, 3.05) is 10.8 Å². The molecule has 0 bridgehead atoms. The highest BCUT2D eigenvalue weighted by Gasteiger charge is 2.35. The van der Waals surface area contributed by atoms with Gasteiger partial charge in [0.1, 0.15) is 12.6 Å². The monoisotopic (exact) mass is 623 g/mol. The Morgan fingerprint density at radius 2 is 1.36 bits per heavy atom. The van der Waals surface area contributed by atoms with Crippen LogP contribution in [-0.4, -0.2) is 43.8 Å². The zero-order valence-electron chi connectivity index (χ0n) is 25.7. The number of aryl methyl sites for hydroxylation is 1. The molecule has 1 N–H and O–H groups in total. The summed E-state index contributed by atoms with van der Waals surface area (Å²) in [6.45, 7) is 1.67. The van der Waals surface area contributed by atoms with Gasteiger partial charge in [-0.15, -0.1) is 0 Å². The minimum atomic E-state index is -4.11. The first-order valence-electron chi connectivity index (χ1n) is 15.6. The Morgan fingerprint density at radius 1 is 0.778 bits per heavy atom. The van der Waals surface area contributed by atoms with Crippen molar-refractivity contribution in [3.63, 3.8) is 0 Å². The van der Waals surface area contributed by atoms with Gasteiger partial charge in [-0.2, -0.15) is 0 Å². The number of carbonyl (C=O) groups is 2. The van der Waals surface area contributed by atoms with E-state index in [2.05, 4.69) is 5.32 Å². The van der Waals surface area contributed by atoms with Gasteiger partial charge in [0.25, 0.3) is 10.0 Å². The molecule has 7 nitrogen and oxygen atoms in total. The van der Waals surface area contributed by atoms with Crippen molar-refractivity contribution in [3.05, 3.63) is 132 Å². The Bertz CT molecular complexity index is 1660. The molecule has 45 heavy (non-hydrogen) atoms. The zero-order valence-corrected chi connectivity index (χ0v) is 26.5. The standard InChI is InChI=1S/C37H41N3O4S/c1-29-16-14-15-19-31(29)27-39(35(26-30-17-6-2-7-18-30)37(42)38-32-20-8-3-9-21-32)36(41)28-40(33-22-10-4-11-23-33)45(43,44)34-24-12-5-13-25-34/h2,4-7,10-19,22-25,32,35H,3,8-9,20-21,26-28H2,1H3,(H,38,42)/t35-/m1/s1. The first kappa shape index (κ1) is 32.0. The second-order valence-corrected chi connectivity index (χ2v) is 13.5. The van der Waals surface area contributed by atoms with Gasteiger partial charge < -0.3 is 10.2 Å². The maximum absolute atomic E-state index is 14.6. The summed E-state index contributed by atoms with van der Waals surface area (Å²) in [5, 5.41) is 3.25. The fourth-order valence-corrected chi connectivity index (χ4v) is 7.35. The Balaban J connectivity index is 1.55. The molecule has 4 aromatic carbocycles. The van der Waals surface area contributed by atoms with Gasteiger partial charge in [-0.25, -0.2) is 8.42 Å². The lowest BCUT2D eigenvalue weighted by Gasteiger charge is -2.35. The summed E-state index contributed by atoms with van der Waals surface area (Å²) in [4.78, 5) is 30.4. The average molecular weight is 624 g/mol. The van der Waals surface area contributed by atoms with Crippen LogP contribution < -0.4 is 9.62 Å². The van der Waals surface area contributed by atoms with E-state index in [1.54, 1.807) is 53.4 Å². The number of anilines is 1. The number of nitrogens with zero attached hydrogens (tertiary/aromatic N) is 2. The fraction of sp³-hybridized carbons (Fsp3) is 0.297. The molecule has 1 atom stereocenters. The molecule has 2 amide bonds. The second-order valence-electron chi connectivity index (χ2n) is 11.7. The maximum Gasteiger partial charge on any atom is 0.264 e. The summed E-state index contributed by atoms with van der Waals surface area (Å²) >= 11 is 0. The highest BCUT2D eigenvalue weighted by atomic mass is 32.2. The smallest absolute Gasteiger partial charge is 0.264 e. The van der Waals surface area contributed by atoms with Crippen molar-refractivity contribution in [1.82, 2.24) is 10.2 Å². The first-order chi connectivity index (χ1) is 21.8. The molecule has 5 rings (SSSR count). The molecule has 1 saturated carbocycles. The van der Waals surface area contributed by atoms with Gasteiger partial charge in [0.2, 0.25) is 11.8 Å². The third-order valence-corrected chi connectivity index (χ3v) is 10.3. The normalized spacial score (nSPS) is 14.3. The van der Waals surface area contributed by atoms with Gasteiger partial charge in [-0.1, -0.05) is 110 Å². The summed E-state index contributed by atoms with van der Waals surface area (Å²) in [6.07, 6.45) is 5.39.